The molecule has 19 heteroatoms. The smallest absolute Gasteiger partial charge is 0.220 e. The van der Waals surface area contributed by atoms with Crippen molar-refractivity contribution in [3.05, 3.63) is 24.3 Å². The zero-order chi connectivity index (χ0) is 58.3. The Labute approximate surface area is 479 Å². The highest BCUT2D eigenvalue weighted by molar-refractivity contribution is 5.76. The summed E-state index contributed by atoms with van der Waals surface area (Å²) in [7, 11) is 0. The fourth-order valence-electron chi connectivity index (χ4n) is 10.8. The molecular formula is C61H113NO18. The molecule has 0 aromatic carbocycles. The van der Waals surface area contributed by atoms with Gasteiger partial charge in [0.05, 0.1) is 38.6 Å². The number of amides is 1. The van der Waals surface area contributed by atoms with Crippen molar-refractivity contribution in [3.8, 4) is 0 Å². The summed E-state index contributed by atoms with van der Waals surface area (Å²) >= 11 is 0. The molecule has 17 atom stereocenters. The number of carbonyl (C=O) groups excluding carboxylic acids is 1. The lowest BCUT2D eigenvalue weighted by molar-refractivity contribution is -0.379. The molecule has 3 fully saturated rings. The lowest BCUT2D eigenvalue weighted by atomic mass is 9.96. The molecule has 3 aliphatic rings. The minimum absolute atomic E-state index is 0.239. The van der Waals surface area contributed by atoms with Gasteiger partial charge in [-0.3, -0.25) is 4.79 Å². The zero-order valence-corrected chi connectivity index (χ0v) is 49.1. The molecule has 17 unspecified atom stereocenters. The second-order valence-electron chi connectivity index (χ2n) is 22.9. The topological polar surface area (TPSA) is 307 Å². The van der Waals surface area contributed by atoms with Crippen molar-refractivity contribution in [2.45, 2.75) is 330 Å². The van der Waals surface area contributed by atoms with Crippen molar-refractivity contribution in [2.24, 2.45) is 0 Å². The Morgan fingerprint density at radius 1 is 0.438 bits per heavy atom. The van der Waals surface area contributed by atoms with Crippen LogP contribution in [0.4, 0.5) is 0 Å². The van der Waals surface area contributed by atoms with E-state index in [4.69, 9.17) is 28.4 Å². The van der Waals surface area contributed by atoms with Crippen molar-refractivity contribution >= 4 is 5.91 Å². The van der Waals surface area contributed by atoms with Crippen molar-refractivity contribution < 1.29 is 89.4 Å². The molecule has 3 heterocycles. The number of aliphatic hydroxyl groups is 11. The lowest BCUT2D eigenvalue weighted by Gasteiger charge is -2.48. The quantitative estimate of drug-likeness (QED) is 0.0234. The Bertz CT molecular complexity index is 1560. The van der Waals surface area contributed by atoms with Crippen molar-refractivity contribution in [3.63, 3.8) is 0 Å². The molecule has 1 amide bonds. The van der Waals surface area contributed by atoms with Crippen LogP contribution in [0, 0.1) is 0 Å². The minimum atomic E-state index is -1.98. The molecule has 0 radical (unpaired) electrons. The van der Waals surface area contributed by atoms with Gasteiger partial charge in [0.1, 0.15) is 73.2 Å². The molecule has 3 rings (SSSR count). The number of allylic oxidation sites excluding steroid dienone is 3. The standard InChI is InChI=1S/C61H113NO18/c1-3-5-7-9-11-12-13-14-15-16-17-18-19-20-21-22-23-24-25-26-27-28-29-30-31-33-35-37-39-49(67)62-44(45(66)38-36-34-32-10-8-6-4-2)43-75-59-55(73)52(70)57(47(41-64)77-59)80-61-56(74)53(71)58(48(42-65)78-61)79-60-54(72)51(69)50(68)46(40-63)76-60/h8,10,36,38,44-48,50-61,63-66,68-74H,3-7,9,11-35,37,39-43H2,1-2H3,(H,62,67)/b10-8+,38-36+. The van der Waals surface area contributed by atoms with E-state index in [1.165, 1.54) is 154 Å². The van der Waals surface area contributed by atoms with E-state index in [1.54, 1.807) is 6.08 Å². The monoisotopic (exact) mass is 1150 g/mol. The fraction of sp³-hybridized carbons (Fsp3) is 0.918. The van der Waals surface area contributed by atoms with E-state index in [1.807, 2.05) is 6.08 Å². The third-order valence-corrected chi connectivity index (χ3v) is 16.0. The number of aliphatic hydroxyl groups excluding tert-OH is 11. The average molecular weight is 1150 g/mol. The van der Waals surface area contributed by atoms with Gasteiger partial charge in [-0.05, 0) is 25.7 Å². The van der Waals surface area contributed by atoms with Crippen molar-refractivity contribution in [2.75, 3.05) is 26.4 Å². The van der Waals surface area contributed by atoms with Crippen molar-refractivity contribution in [1.82, 2.24) is 5.32 Å². The first-order valence-corrected chi connectivity index (χ1v) is 31.6. The van der Waals surface area contributed by atoms with Gasteiger partial charge in [0.2, 0.25) is 5.91 Å². The fourth-order valence-corrected chi connectivity index (χ4v) is 10.8. The van der Waals surface area contributed by atoms with Crippen LogP contribution in [0.5, 0.6) is 0 Å². The van der Waals surface area contributed by atoms with Gasteiger partial charge in [-0.25, -0.2) is 0 Å². The Kier molecular flexibility index (Phi) is 40.5. The number of ether oxygens (including phenoxy) is 6. The summed E-state index contributed by atoms with van der Waals surface area (Å²) in [5, 5.41) is 120. The summed E-state index contributed by atoms with van der Waals surface area (Å²) in [6.45, 7) is 1.59. The van der Waals surface area contributed by atoms with Crippen LogP contribution in [0.1, 0.15) is 226 Å². The molecule has 0 saturated carbocycles. The van der Waals surface area contributed by atoms with Gasteiger partial charge in [0.25, 0.3) is 0 Å². The predicted molar refractivity (Wildman–Crippen MR) is 305 cm³/mol. The van der Waals surface area contributed by atoms with Crippen LogP contribution in [-0.4, -0.2) is 193 Å². The molecule has 0 aromatic rings. The third kappa shape index (κ3) is 28.0. The Balaban J connectivity index is 1.35. The first-order chi connectivity index (χ1) is 38.8. The van der Waals surface area contributed by atoms with Gasteiger partial charge in [-0.15, -0.1) is 0 Å². The first-order valence-electron chi connectivity index (χ1n) is 31.6. The van der Waals surface area contributed by atoms with Gasteiger partial charge in [-0.1, -0.05) is 218 Å². The van der Waals surface area contributed by atoms with Gasteiger partial charge >= 0.3 is 0 Å². The van der Waals surface area contributed by atoms with E-state index in [-0.39, 0.29) is 18.9 Å². The Morgan fingerprint density at radius 2 is 0.800 bits per heavy atom. The van der Waals surface area contributed by atoms with E-state index < -0.39 is 124 Å². The van der Waals surface area contributed by atoms with Gasteiger partial charge in [-0.2, -0.15) is 0 Å². The number of hydrogen-bond acceptors (Lipinski definition) is 18. The maximum Gasteiger partial charge on any atom is 0.220 e. The molecule has 0 spiro atoms. The molecule has 0 aromatic heterocycles. The predicted octanol–water partition coefficient (Wildman–Crippen LogP) is 6.32. The van der Waals surface area contributed by atoms with Crippen LogP contribution in [-0.2, 0) is 33.2 Å². The molecule has 3 saturated heterocycles. The minimum Gasteiger partial charge on any atom is -0.394 e. The SMILES string of the molecule is CCC/C=C/CC/C=C/C(O)C(COC1OC(CO)C(OC2OC(CO)C(OC3OC(CO)C(O)C(O)C3O)C(O)C2O)C(O)C1O)NC(=O)CCCCCCCCCCCCCCCCCCCCCCCCCCCCCC. The second-order valence-corrected chi connectivity index (χ2v) is 22.9. The van der Waals surface area contributed by atoms with Crippen LogP contribution in [0.25, 0.3) is 0 Å². The number of unbranched alkanes of at least 4 members (excludes halogenated alkanes) is 29. The Hall–Kier alpha value is -1.73. The van der Waals surface area contributed by atoms with E-state index in [0.717, 1.165) is 38.5 Å². The summed E-state index contributed by atoms with van der Waals surface area (Å²) in [6, 6.07) is -0.983. The summed E-state index contributed by atoms with van der Waals surface area (Å²) in [4.78, 5) is 13.3. The van der Waals surface area contributed by atoms with Gasteiger partial charge < -0.3 is 89.9 Å². The average Bonchev–Trinajstić information content (AvgIpc) is 3.47. The maximum atomic E-state index is 13.3. The molecule has 470 valence electrons. The third-order valence-electron chi connectivity index (χ3n) is 16.0. The summed E-state index contributed by atoms with van der Waals surface area (Å²) in [5.74, 6) is -0.287. The van der Waals surface area contributed by atoms with E-state index in [0.29, 0.717) is 12.8 Å². The van der Waals surface area contributed by atoms with E-state index >= 15 is 0 Å². The molecule has 0 bridgehead atoms. The van der Waals surface area contributed by atoms with Crippen LogP contribution in [0.3, 0.4) is 0 Å². The van der Waals surface area contributed by atoms with E-state index in [9.17, 15) is 61.0 Å². The van der Waals surface area contributed by atoms with Crippen molar-refractivity contribution in [1.29, 1.82) is 0 Å². The van der Waals surface area contributed by atoms with E-state index in [2.05, 4.69) is 31.3 Å². The molecule has 12 N–H and O–H groups in total. The van der Waals surface area contributed by atoms with Gasteiger partial charge in [0, 0.05) is 6.42 Å². The molecule has 19 nitrogen and oxygen atoms in total. The molecular weight excluding hydrogens is 1030 g/mol. The molecule has 0 aliphatic carbocycles. The lowest BCUT2D eigenvalue weighted by Crippen LogP contribution is -2.66. The molecule has 3 aliphatic heterocycles. The highest BCUT2D eigenvalue weighted by Crippen LogP contribution is 2.33. The summed E-state index contributed by atoms with van der Waals surface area (Å²) < 4.78 is 34.1. The van der Waals surface area contributed by atoms with Gasteiger partial charge in [0.15, 0.2) is 18.9 Å². The first kappa shape index (κ1) is 72.5. The highest BCUT2D eigenvalue weighted by Gasteiger charge is 2.53. The number of nitrogens with one attached hydrogen (secondary N) is 1. The number of hydrogen-bond donors (Lipinski definition) is 12. The van der Waals surface area contributed by atoms with Crippen LogP contribution in [0.15, 0.2) is 24.3 Å². The molecule has 80 heavy (non-hydrogen) atoms. The Morgan fingerprint density at radius 3 is 1.23 bits per heavy atom. The number of rotatable bonds is 47. The second kappa shape index (κ2) is 44.7. The largest absolute Gasteiger partial charge is 0.394 e. The normalized spacial score (nSPS) is 30.1. The van der Waals surface area contributed by atoms with Crippen LogP contribution < -0.4 is 5.32 Å². The highest BCUT2D eigenvalue weighted by atomic mass is 16.8. The van der Waals surface area contributed by atoms with Crippen LogP contribution in [0.2, 0.25) is 0 Å². The zero-order valence-electron chi connectivity index (χ0n) is 49.1. The maximum absolute atomic E-state index is 13.3. The summed E-state index contributed by atoms with van der Waals surface area (Å²) in [5.41, 5.74) is 0. The van der Waals surface area contributed by atoms with Crippen LogP contribution >= 0.6 is 0 Å². The number of carbonyl (C=O) groups is 1. The summed E-state index contributed by atoms with van der Waals surface area (Å²) in [6.07, 6.45) is 21.0.